The molecular formula is C16H20N6O2S. The molecule has 0 aliphatic heterocycles. The van der Waals surface area contributed by atoms with Gasteiger partial charge in [0, 0.05) is 18.7 Å². The van der Waals surface area contributed by atoms with E-state index in [0.29, 0.717) is 23.9 Å². The average molecular weight is 360 g/mol. The SMILES string of the molecule is Cc1cc(C)n(CCc2nnc(NC(=O)NCc3ccc(C)o3)s2)n1. The molecule has 132 valence electrons. The molecule has 0 saturated heterocycles. The van der Waals surface area contributed by atoms with Gasteiger partial charge in [-0.25, -0.2) is 4.79 Å². The third kappa shape index (κ3) is 4.66. The number of carbonyl (C=O) groups is 1. The first-order chi connectivity index (χ1) is 12.0. The fourth-order valence-corrected chi connectivity index (χ4v) is 3.12. The number of aryl methyl sites for hydroxylation is 5. The largest absolute Gasteiger partial charge is 0.465 e. The Kier molecular flexibility index (Phi) is 5.13. The molecule has 0 saturated carbocycles. The van der Waals surface area contributed by atoms with Crippen LogP contribution in [-0.2, 0) is 19.5 Å². The van der Waals surface area contributed by atoms with Gasteiger partial charge in [0.1, 0.15) is 16.5 Å². The quantitative estimate of drug-likeness (QED) is 0.704. The summed E-state index contributed by atoms with van der Waals surface area (Å²) >= 11 is 1.36. The lowest BCUT2D eigenvalue weighted by atomic mass is 10.4. The highest BCUT2D eigenvalue weighted by atomic mass is 32.1. The molecule has 0 bridgehead atoms. The zero-order valence-electron chi connectivity index (χ0n) is 14.4. The van der Waals surface area contributed by atoms with Crippen LogP contribution in [0.15, 0.2) is 22.6 Å². The summed E-state index contributed by atoms with van der Waals surface area (Å²) in [5, 5.41) is 19.3. The lowest BCUT2D eigenvalue weighted by Crippen LogP contribution is -2.27. The van der Waals surface area contributed by atoms with Crippen LogP contribution in [0.2, 0.25) is 0 Å². The molecule has 25 heavy (non-hydrogen) atoms. The highest BCUT2D eigenvalue weighted by molar-refractivity contribution is 7.15. The zero-order chi connectivity index (χ0) is 17.8. The molecule has 3 aromatic rings. The molecule has 0 aromatic carbocycles. The molecule has 0 aliphatic rings. The molecule has 0 unspecified atom stereocenters. The highest BCUT2D eigenvalue weighted by Crippen LogP contribution is 2.16. The average Bonchev–Trinajstić information content (AvgIpc) is 3.25. The summed E-state index contributed by atoms with van der Waals surface area (Å²) < 4.78 is 7.34. The normalized spacial score (nSPS) is 10.8. The minimum Gasteiger partial charge on any atom is -0.465 e. The minimum absolute atomic E-state index is 0.323. The summed E-state index contributed by atoms with van der Waals surface area (Å²) in [7, 11) is 0. The predicted molar refractivity (Wildman–Crippen MR) is 94.6 cm³/mol. The van der Waals surface area contributed by atoms with Crippen molar-refractivity contribution >= 4 is 22.5 Å². The molecular weight excluding hydrogens is 340 g/mol. The zero-order valence-corrected chi connectivity index (χ0v) is 15.2. The third-order valence-corrected chi connectivity index (χ3v) is 4.45. The number of aromatic nitrogens is 4. The van der Waals surface area contributed by atoms with Crippen molar-refractivity contribution in [3.8, 4) is 0 Å². The van der Waals surface area contributed by atoms with Crippen molar-refractivity contribution < 1.29 is 9.21 Å². The Morgan fingerprint density at radius 1 is 1.28 bits per heavy atom. The van der Waals surface area contributed by atoms with Gasteiger partial charge in [0.25, 0.3) is 0 Å². The second-order valence-electron chi connectivity index (χ2n) is 5.72. The van der Waals surface area contributed by atoms with Gasteiger partial charge in [0.2, 0.25) is 5.13 Å². The minimum atomic E-state index is -0.338. The Morgan fingerprint density at radius 3 is 2.80 bits per heavy atom. The number of anilines is 1. The number of nitrogens with zero attached hydrogens (tertiary/aromatic N) is 4. The second-order valence-corrected chi connectivity index (χ2v) is 6.78. The van der Waals surface area contributed by atoms with Crippen LogP contribution in [0.5, 0.6) is 0 Å². The standard InChI is InChI=1S/C16H20N6O2S/c1-10-8-11(2)22(21-10)7-6-14-19-20-16(25-14)18-15(23)17-9-13-5-4-12(3)24-13/h4-5,8H,6-7,9H2,1-3H3,(H2,17,18,20,23). The summed E-state index contributed by atoms with van der Waals surface area (Å²) in [4.78, 5) is 11.9. The van der Waals surface area contributed by atoms with Gasteiger partial charge in [0.05, 0.1) is 12.2 Å². The van der Waals surface area contributed by atoms with E-state index in [1.807, 2.05) is 43.7 Å². The van der Waals surface area contributed by atoms with Crippen molar-refractivity contribution in [2.45, 2.75) is 40.3 Å². The van der Waals surface area contributed by atoms with E-state index in [1.165, 1.54) is 11.3 Å². The highest BCUT2D eigenvalue weighted by Gasteiger charge is 2.10. The van der Waals surface area contributed by atoms with Crippen molar-refractivity contribution in [1.29, 1.82) is 0 Å². The van der Waals surface area contributed by atoms with Crippen molar-refractivity contribution in [3.63, 3.8) is 0 Å². The first-order valence-electron chi connectivity index (χ1n) is 7.93. The summed E-state index contributed by atoms with van der Waals surface area (Å²) in [6, 6.07) is 5.39. The van der Waals surface area contributed by atoms with Crippen LogP contribution in [0, 0.1) is 20.8 Å². The molecule has 8 nitrogen and oxygen atoms in total. The molecule has 2 N–H and O–H groups in total. The van der Waals surface area contributed by atoms with E-state index in [1.54, 1.807) is 0 Å². The van der Waals surface area contributed by atoms with Gasteiger partial charge in [-0.2, -0.15) is 5.10 Å². The number of nitrogens with one attached hydrogen (secondary N) is 2. The van der Waals surface area contributed by atoms with E-state index in [2.05, 4.69) is 25.9 Å². The fraction of sp³-hybridized carbons (Fsp3) is 0.375. The van der Waals surface area contributed by atoms with Crippen LogP contribution in [0.1, 0.15) is 27.9 Å². The van der Waals surface area contributed by atoms with E-state index in [-0.39, 0.29) is 6.03 Å². The number of hydrogen-bond acceptors (Lipinski definition) is 6. The van der Waals surface area contributed by atoms with Gasteiger partial charge in [-0.3, -0.25) is 10.00 Å². The Bertz CT molecular complexity index is 866. The number of carbonyl (C=O) groups excluding carboxylic acids is 1. The molecule has 3 aromatic heterocycles. The molecule has 0 radical (unpaired) electrons. The maximum Gasteiger partial charge on any atom is 0.321 e. The molecule has 0 aliphatic carbocycles. The van der Waals surface area contributed by atoms with Gasteiger partial charge in [-0.05, 0) is 39.0 Å². The monoisotopic (exact) mass is 360 g/mol. The van der Waals surface area contributed by atoms with Gasteiger partial charge >= 0.3 is 6.03 Å². The van der Waals surface area contributed by atoms with Gasteiger partial charge < -0.3 is 9.73 Å². The summed E-state index contributed by atoms with van der Waals surface area (Å²) in [5.41, 5.74) is 2.12. The number of furan rings is 1. The molecule has 9 heteroatoms. The molecule has 2 amide bonds. The molecule has 0 fully saturated rings. The molecule has 3 rings (SSSR count). The Hall–Kier alpha value is -2.68. The predicted octanol–water partition coefficient (Wildman–Crippen LogP) is 2.82. The maximum atomic E-state index is 11.9. The Balaban J connectivity index is 1.47. The number of amides is 2. The summed E-state index contributed by atoms with van der Waals surface area (Å²) in [6.45, 7) is 6.91. The van der Waals surface area contributed by atoms with E-state index in [0.717, 1.165) is 28.7 Å². The van der Waals surface area contributed by atoms with Gasteiger partial charge in [0.15, 0.2) is 0 Å². The van der Waals surface area contributed by atoms with E-state index < -0.39 is 0 Å². The van der Waals surface area contributed by atoms with Crippen molar-refractivity contribution in [3.05, 3.63) is 46.1 Å². The van der Waals surface area contributed by atoms with E-state index in [9.17, 15) is 4.79 Å². The molecule has 0 atom stereocenters. The fourth-order valence-electron chi connectivity index (χ4n) is 2.40. The van der Waals surface area contributed by atoms with Crippen molar-refractivity contribution in [2.24, 2.45) is 0 Å². The Labute approximate surface area is 149 Å². The lowest BCUT2D eigenvalue weighted by Gasteiger charge is -2.03. The van der Waals surface area contributed by atoms with Gasteiger partial charge in [-0.15, -0.1) is 10.2 Å². The lowest BCUT2D eigenvalue weighted by molar-refractivity contribution is 0.250. The first-order valence-corrected chi connectivity index (χ1v) is 8.75. The van der Waals surface area contributed by atoms with Crippen LogP contribution in [0.4, 0.5) is 9.93 Å². The van der Waals surface area contributed by atoms with Crippen LogP contribution >= 0.6 is 11.3 Å². The third-order valence-electron chi connectivity index (χ3n) is 3.55. The van der Waals surface area contributed by atoms with Crippen LogP contribution in [0.3, 0.4) is 0 Å². The topological polar surface area (TPSA) is 97.9 Å². The molecule has 3 heterocycles. The number of rotatable bonds is 6. The number of hydrogen-bond donors (Lipinski definition) is 2. The Morgan fingerprint density at radius 2 is 2.12 bits per heavy atom. The van der Waals surface area contributed by atoms with Gasteiger partial charge in [-0.1, -0.05) is 11.3 Å². The first kappa shape index (κ1) is 17.2. The van der Waals surface area contributed by atoms with Crippen molar-refractivity contribution in [1.82, 2.24) is 25.3 Å². The molecule has 0 spiro atoms. The van der Waals surface area contributed by atoms with Crippen molar-refractivity contribution in [2.75, 3.05) is 5.32 Å². The van der Waals surface area contributed by atoms with Crippen LogP contribution in [0.25, 0.3) is 0 Å². The smallest absolute Gasteiger partial charge is 0.321 e. The summed E-state index contributed by atoms with van der Waals surface area (Å²) in [6.07, 6.45) is 0.717. The summed E-state index contributed by atoms with van der Waals surface area (Å²) in [5.74, 6) is 1.52. The van der Waals surface area contributed by atoms with Crippen LogP contribution in [-0.4, -0.2) is 26.0 Å². The maximum absolute atomic E-state index is 11.9. The van der Waals surface area contributed by atoms with E-state index in [4.69, 9.17) is 4.42 Å². The number of urea groups is 1. The second kappa shape index (κ2) is 7.47. The van der Waals surface area contributed by atoms with Crippen LogP contribution < -0.4 is 10.6 Å². The van der Waals surface area contributed by atoms with E-state index >= 15 is 0 Å².